The summed E-state index contributed by atoms with van der Waals surface area (Å²) in [5.41, 5.74) is -0.971. The fourth-order valence-electron chi connectivity index (χ4n) is 3.06. The van der Waals surface area contributed by atoms with Gasteiger partial charge in [0.15, 0.2) is 6.10 Å². The van der Waals surface area contributed by atoms with Crippen LogP contribution in [0, 0.1) is 21.4 Å². The molecule has 1 saturated carbocycles. The molecular weight excluding hydrogens is 352 g/mol. The van der Waals surface area contributed by atoms with E-state index in [2.05, 4.69) is 16.7 Å². The monoisotopic (exact) mass is 374 g/mol. The van der Waals surface area contributed by atoms with Crippen LogP contribution in [-0.4, -0.2) is 35.5 Å². The van der Waals surface area contributed by atoms with Crippen LogP contribution >= 0.6 is 0 Å². The Morgan fingerprint density at radius 1 is 1.33 bits per heavy atom. The van der Waals surface area contributed by atoms with Crippen LogP contribution in [0.2, 0.25) is 0 Å². The normalized spacial score (nSPS) is 16.5. The fourth-order valence-corrected chi connectivity index (χ4v) is 3.06. The number of rotatable bonds is 6. The Kier molecular flexibility index (Phi) is 6.34. The average molecular weight is 374 g/mol. The molecule has 0 bridgehead atoms. The number of nitro groups is 1. The topological polar surface area (TPSA) is 134 Å². The van der Waals surface area contributed by atoms with Crippen LogP contribution in [-0.2, 0) is 9.53 Å². The summed E-state index contributed by atoms with van der Waals surface area (Å²) in [5.74, 6) is -1.41. The molecule has 1 atom stereocenters. The highest BCUT2D eigenvalue weighted by atomic mass is 16.6. The van der Waals surface area contributed by atoms with Gasteiger partial charge in [0.05, 0.1) is 16.6 Å². The van der Waals surface area contributed by atoms with Crippen LogP contribution in [0.1, 0.15) is 49.4 Å². The van der Waals surface area contributed by atoms with Crippen molar-refractivity contribution >= 4 is 23.3 Å². The van der Waals surface area contributed by atoms with Crippen molar-refractivity contribution in [3.63, 3.8) is 0 Å². The van der Waals surface area contributed by atoms with Crippen molar-refractivity contribution in [2.24, 2.45) is 0 Å². The van der Waals surface area contributed by atoms with Crippen molar-refractivity contribution in [3.8, 4) is 6.07 Å². The molecule has 9 nitrogen and oxygen atoms in total. The summed E-state index contributed by atoms with van der Waals surface area (Å²) in [6.45, 7) is 1.40. The lowest BCUT2D eigenvalue weighted by atomic mass is 9.83. The minimum atomic E-state index is -1.13. The Morgan fingerprint density at radius 3 is 2.56 bits per heavy atom. The molecule has 0 aromatic heterocycles. The number of esters is 1. The van der Waals surface area contributed by atoms with Gasteiger partial charge >= 0.3 is 5.97 Å². The van der Waals surface area contributed by atoms with E-state index < -0.39 is 28.4 Å². The summed E-state index contributed by atoms with van der Waals surface area (Å²) in [6.07, 6.45) is 2.71. The number of nitriles is 1. The minimum absolute atomic E-state index is 0.0342. The molecule has 1 amide bonds. The standard InChI is InChI=1S/C18H22N4O5/c1-12(16(23)21-18(11-19)8-4-3-5-9-18)27-17(24)13-6-7-14(20-2)15(10-13)22(25)26/h6-7,10,12,20H,3-5,8-9H2,1-2H3,(H,21,23)/t12-/m0/s1. The smallest absolute Gasteiger partial charge is 0.339 e. The third-order valence-electron chi connectivity index (χ3n) is 4.64. The molecule has 0 heterocycles. The molecule has 0 aliphatic heterocycles. The Morgan fingerprint density at radius 2 is 2.00 bits per heavy atom. The fraction of sp³-hybridized carbons (Fsp3) is 0.500. The number of amides is 1. The molecular formula is C18H22N4O5. The van der Waals surface area contributed by atoms with Gasteiger partial charge in [-0.05, 0) is 31.9 Å². The van der Waals surface area contributed by atoms with E-state index in [9.17, 15) is 25.0 Å². The summed E-state index contributed by atoms with van der Waals surface area (Å²) in [6, 6.07) is 6.03. The predicted octanol–water partition coefficient (Wildman–Crippen LogP) is 2.52. The second-order valence-corrected chi connectivity index (χ2v) is 6.53. The van der Waals surface area contributed by atoms with Gasteiger partial charge in [0.1, 0.15) is 11.2 Å². The molecule has 2 rings (SSSR count). The van der Waals surface area contributed by atoms with Crippen molar-refractivity contribution in [2.45, 2.75) is 50.7 Å². The number of benzene rings is 1. The zero-order valence-corrected chi connectivity index (χ0v) is 15.3. The van der Waals surface area contributed by atoms with Gasteiger partial charge < -0.3 is 15.4 Å². The number of nitro benzene ring substituents is 1. The second kappa shape index (κ2) is 8.49. The molecule has 1 aliphatic rings. The van der Waals surface area contributed by atoms with E-state index in [1.165, 1.54) is 26.1 Å². The van der Waals surface area contributed by atoms with Gasteiger partial charge in [-0.25, -0.2) is 4.79 Å². The predicted molar refractivity (Wildman–Crippen MR) is 97.1 cm³/mol. The Balaban J connectivity index is 2.06. The molecule has 9 heteroatoms. The van der Waals surface area contributed by atoms with E-state index in [-0.39, 0.29) is 16.9 Å². The zero-order chi connectivity index (χ0) is 20.0. The lowest BCUT2D eigenvalue weighted by molar-refractivity contribution is -0.384. The number of anilines is 1. The van der Waals surface area contributed by atoms with Gasteiger partial charge in [-0.3, -0.25) is 14.9 Å². The quantitative estimate of drug-likeness (QED) is 0.444. The van der Waals surface area contributed by atoms with Gasteiger partial charge in [-0.15, -0.1) is 0 Å². The summed E-state index contributed by atoms with van der Waals surface area (Å²) in [5, 5.41) is 25.9. The highest BCUT2D eigenvalue weighted by Crippen LogP contribution is 2.28. The molecule has 1 aromatic rings. The number of nitrogens with zero attached hydrogens (tertiary/aromatic N) is 2. The van der Waals surface area contributed by atoms with E-state index in [0.29, 0.717) is 12.8 Å². The number of ether oxygens (including phenoxy) is 1. The number of nitrogens with one attached hydrogen (secondary N) is 2. The summed E-state index contributed by atoms with van der Waals surface area (Å²) in [4.78, 5) is 35.1. The first-order chi connectivity index (χ1) is 12.8. The van der Waals surface area contributed by atoms with Gasteiger partial charge in [0, 0.05) is 13.1 Å². The maximum atomic E-state index is 12.4. The number of hydrogen-bond acceptors (Lipinski definition) is 7. The van der Waals surface area contributed by atoms with Crippen molar-refractivity contribution in [1.29, 1.82) is 5.26 Å². The SMILES string of the molecule is CNc1ccc(C(=O)O[C@@H](C)C(=O)NC2(C#N)CCCCC2)cc1[N+](=O)[O-]. The molecule has 0 spiro atoms. The Hall–Kier alpha value is -3.15. The first-order valence-electron chi connectivity index (χ1n) is 8.72. The van der Waals surface area contributed by atoms with Crippen molar-refractivity contribution in [3.05, 3.63) is 33.9 Å². The van der Waals surface area contributed by atoms with Crippen LogP contribution in [0.5, 0.6) is 0 Å². The Labute approximate surface area is 156 Å². The van der Waals surface area contributed by atoms with Crippen molar-refractivity contribution < 1.29 is 19.2 Å². The number of hydrogen-bond donors (Lipinski definition) is 2. The molecule has 0 unspecified atom stereocenters. The lowest BCUT2D eigenvalue weighted by Gasteiger charge is -2.32. The first-order valence-corrected chi connectivity index (χ1v) is 8.72. The zero-order valence-electron chi connectivity index (χ0n) is 15.3. The third kappa shape index (κ3) is 4.73. The molecule has 144 valence electrons. The van der Waals surface area contributed by atoms with E-state index in [1.807, 2.05) is 0 Å². The largest absolute Gasteiger partial charge is 0.449 e. The molecule has 2 N–H and O–H groups in total. The summed E-state index contributed by atoms with van der Waals surface area (Å²) < 4.78 is 5.13. The number of carbonyl (C=O) groups is 2. The molecule has 1 aliphatic carbocycles. The average Bonchev–Trinajstić information content (AvgIpc) is 2.67. The lowest BCUT2D eigenvalue weighted by Crippen LogP contribution is -2.52. The van der Waals surface area contributed by atoms with E-state index in [1.54, 1.807) is 0 Å². The maximum absolute atomic E-state index is 12.4. The van der Waals surface area contributed by atoms with Crippen molar-refractivity contribution in [1.82, 2.24) is 5.32 Å². The molecule has 1 fully saturated rings. The maximum Gasteiger partial charge on any atom is 0.339 e. The van der Waals surface area contributed by atoms with Crippen LogP contribution in [0.4, 0.5) is 11.4 Å². The Bertz CT molecular complexity index is 780. The first kappa shape index (κ1) is 20.2. The van der Waals surface area contributed by atoms with Gasteiger partial charge in [-0.2, -0.15) is 5.26 Å². The summed E-state index contributed by atoms with van der Waals surface area (Å²) in [7, 11) is 1.53. The van der Waals surface area contributed by atoms with Crippen LogP contribution in [0.3, 0.4) is 0 Å². The molecule has 1 aromatic carbocycles. The second-order valence-electron chi connectivity index (χ2n) is 6.53. The van der Waals surface area contributed by atoms with E-state index >= 15 is 0 Å². The molecule has 27 heavy (non-hydrogen) atoms. The van der Waals surface area contributed by atoms with E-state index in [4.69, 9.17) is 4.74 Å². The van der Waals surface area contributed by atoms with Gasteiger partial charge in [0.2, 0.25) is 0 Å². The van der Waals surface area contributed by atoms with E-state index in [0.717, 1.165) is 25.3 Å². The van der Waals surface area contributed by atoms with Gasteiger partial charge in [0.25, 0.3) is 11.6 Å². The highest BCUT2D eigenvalue weighted by molar-refractivity contribution is 5.93. The molecule has 0 saturated heterocycles. The third-order valence-corrected chi connectivity index (χ3v) is 4.64. The van der Waals surface area contributed by atoms with Crippen LogP contribution in [0.25, 0.3) is 0 Å². The van der Waals surface area contributed by atoms with Crippen LogP contribution in [0.15, 0.2) is 18.2 Å². The summed E-state index contributed by atoms with van der Waals surface area (Å²) >= 11 is 0. The molecule has 0 radical (unpaired) electrons. The van der Waals surface area contributed by atoms with Gasteiger partial charge in [-0.1, -0.05) is 19.3 Å². The number of carbonyl (C=O) groups excluding carboxylic acids is 2. The minimum Gasteiger partial charge on any atom is -0.449 e. The highest BCUT2D eigenvalue weighted by Gasteiger charge is 2.35. The van der Waals surface area contributed by atoms with Crippen LogP contribution < -0.4 is 10.6 Å². The van der Waals surface area contributed by atoms with Crippen molar-refractivity contribution in [2.75, 3.05) is 12.4 Å².